The summed E-state index contributed by atoms with van der Waals surface area (Å²) in [6, 6.07) is 12.9. The Bertz CT molecular complexity index is 1300. The fourth-order valence-corrected chi connectivity index (χ4v) is 5.32. The van der Waals surface area contributed by atoms with Crippen LogP contribution < -0.4 is 15.6 Å². The molecule has 0 amide bonds. The van der Waals surface area contributed by atoms with Gasteiger partial charge in [0, 0.05) is 23.9 Å². The molecule has 0 bridgehead atoms. The maximum absolute atomic E-state index is 12.0. The monoisotopic (exact) mass is 524 g/mol. The van der Waals surface area contributed by atoms with E-state index in [0.717, 1.165) is 32.1 Å². The van der Waals surface area contributed by atoms with Crippen molar-refractivity contribution in [3.05, 3.63) is 70.0 Å². The van der Waals surface area contributed by atoms with E-state index < -0.39 is 17.7 Å². The van der Waals surface area contributed by atoms with Gasteiger partial charge in [0.05, 0.1) is 18.2 Å². The average molecular weight is 525 g/mol. The lowest BCUT2D eigenvalue weighted by molar-refractivity contribution is -0.166. The van der Waals surface area contributed by atoms with Crippen LogP contribution in [0.15, 0.2) is 53.3 Å². The van der Waals surface area contributed by atoms with Gasteiger partial charge in [-0.1, -0.05) is 31.0 Å². The number of carboxylic acids is 1. The van der Waals surface area contributed by atoms with Crippen molar-refractivity contribution >= 4 is 16.9 Å². The Balaban J connectivity index is 1.19. The zero-order valence-corrected chi connectivity index (χ0v) is 21.4. The molecule has 38 heavy (non-hydrogen) atoms. The number of H-pyrrole nitrogens is 1. The van der Waals surface area contributed by atoms with Gasteiger partial charge >= 0.3 is 5.97 Å². The molecule has 9 heteroatoms. The largest absolute Gasteiger partial charge is 0.506 e. The van der Waals surface area contributed by atoms with Gasteiger partial charge in [-0.2, -0.15) is 0 Å². The molecule has 0 saturated heterocycles. The topological polar surface area (TPSA) is 152 Å². The zero-order chi connectivity index (χ0) is 27.1. The summed E-state index contributed by atoms with van der Waals surface area (Å²) in [5.41, 5.74) is -0.911. The van der Waals surface area contributed by atoms with Crippen LogP contribution in [0.2, 0.25) is 0 Å². The van der Waals surface area contributed by atoms with Crippen LogP contribution >= 0.6 is 0 Å². The van der Waals surface area contributed by atoms with Crippen LogP contribution in [0, 0.1) is 5.92 Å². The number of aliphatic hydroxyl groups excluding tert-OH is 1. The van der Waals surface area contributed by atoms with Crippen LogP contribution in [0.4, 0.5) is 0 Å². The molecule has 4 rings (SSSR count). The predicted molar refractivity (Wildman–Crippen MR) is 143 cm³/mol. The van der Waals surface area contributed by atoms with Gasteiger partial charge in [-0.3, -0.25) is 4.79 Å². The van der Waals surface area contributed by atoms with Crippen LogP contribution in [0.3, 0.4) is 0 Å². The van der Waals surface area contributed by atoms with E-state index in [2.05, 4.69) is 10.3 Å². The van der Waals surface area contributed by atoms with Crippen LogP contribution in [0.1, 0.15) is 62.2 Å². The number of benzene rings is 2. The highest BCUT2D eigenvalue weighted by molar-refractivity contribution is 5.87. The second kappa shape index (κ2) is 12.4. The maximum atomic E-state index is 12.0. The number of aliphatic hydroxyl groups is 2. The summed E-state index contributed by atoms with van der Waals surface area (Å²) in [5, 5.41) is 45.3. The lowest BCUT2D eigenvalue weighted by atomic mass is 9.80. The fourth-order valence-electron chi connectivity index (χ4n) is 5.32. The van der Waals surface area contributed by atoms with Gasteiger partial charge in [0.1, 0.15) is 11.5 Å². The fraction of sp³-hybridized carbons (Fsp3) is 0.448. The normalized spacial score (nSPS) is 16.4. The van der Waals surface area contributed by atoms with Gasteiger partial charge < -0.3 is 35.5 Å². The van der Waals surface area contributed by atoms with Crippen molar-refractivity contribution in [2.75, 3.05) is 19.7 Å². The molecule has 1 aliphatic carbocycles. The van der Waals surface area contributed by atoms with Crippen molar-refractivity contribution in [2.45, 2.75) is 56.7 Å². The molecule has 2 aromatic carbocycles. The summed E-state index contributed by atoms with van der Waals surface area (Å²) in [5.74, 6) is -1.00. The SMILES string of the molecule is O=C(O)C(O)(c1cccc(OCCCCCNCC(O)c2ccc(O)c3[nH]c(=O)ccc23)c1)C1CCCC1. The zero-order valence-electron chi connectivity index (χ0n) is 21.4. The molecule has 2 atom stereocenters. The summed E-state index contributed by atoms with van der Waals surface area (Å²) >= 11 is 0. The number of nitrogens with one attached hydrogen (secondary N) is 2. The van der Waals surface area contributed by atoms with Gasteiger partial charge in [-0.15, -0.1) is 0 Å². The number of phenols is 1. The summed E-state index contributed by atoms with van der Waals surface area (Å²) in [7, 11) is 0. The number of carbonyl (C=O) groups is 1. The number of fused-ring (bicyclic) bond motifs is 1. The third kappa shape index (κ3) is 6.18. The predicted octanol–water partition coefficient (Wildman–Crippen LogP) is 3.57. The number of rotatable bonds is 13. The van der Waals surface area contributed by atoms with Crippen LogP contribution in [-0.2, 0) is 10.4 Å². The van der Waals surface area contributed by atoms with E-state index >= 15 is 0 Å². The highest BCUT2D eigenvalue weighted by Gasteiger charge is 2.46. The van der Waals surface area contributed by atoms with E-state index in [1.54, 1.807) is 36.4 Å². The summed E-state index contributed by atoms with van der Waals surface area (Å²) in [6.07, 6.45) is 5.04. The number of ether oxygens (including phenoxy) is 1. The third-order valence-corrected chi connectivity index (χ3v) is 7.42. The number of aromatic nitrogens is 1. The molecule has 9 nitrogen and oxygen atoms in total. The Hall–Kier alpha value is -3.40. The Labute approximate surface area is 221 Å². The summed E-state index contributed by atoms with van der Waals surface area (Å²) in [6.45, 7) is 1.50. The molecule has 1 saturated carbocycles. The number of aromatic hydroxyl groups is 1. The van der Waals surface area contributed by atoms with Crippen molar-refractivity contribution in [1.29, 1.82) is 0 Å². The highest BCUT2D eigenvalue weighted by Crippen LogP contribution is 2.41. The minimum atomic E-state index is -1.89. The van der Waals surface area contributed by atoms with E-state index in [0.29, 0.717) is 60.3 Å². The first-order valence-electron chi connectivity index (χ1n) is 13.2. The average Bonchev–Trinajstić information content (AvgIpc) is 3.46. The smallest absolute Gasteiger partial charge is 0.340 e. The summed E-state index contributed by atoms with van der Waals surface area (Å²) < 4.78 is 5.84. The number of unbranched alkanes of at least 4 members (excludes halogenated alkanes) is 2. The third-order valence-electron chi connectivity index (χ3n) is 7.42. The lowest BCUT2D eigenvalue weighted by Crippen LogP contribution is -2.42. The van der Waals surface area contributed by atoms with E-state index in [1.165, 1.54) is 12.1 Å². The first-order chi connectivity index (χ1) is 18.3. The molecule has 1 aliphatic rings. The number of aromatic amines is 1. The van der Waals surface area contributed by atoms with E-state index in [-0.39, 0.29) is 17.2 Å². The van der Waals surface area contributed by atoms with Gasteiger partial charge in [0.15, 0.2) is 5.60 Å². The molecule has 1 fully saturated rings. The van der Waals surface area contributed by atoms with Gasteiger partial charge in [0.2, 0.25) is 5.56 Å². The van der Waals surface area contributed by atoms with Gasteiger partial charge in [0.25, 0.3) is 0 Å². The Morgan fingerprint density at radius 2 is 1.89 bits per heavy atom. The number of hydrogen-bond acceptors (Lipinski definition) is 7. The van der Waals surface area contributed by atoms with Crippen LogP contribution in [0.25, 0.3) is 10.9 Å². The minimum Gasteiger partial charge on any atom is -0.506 e. The quantitative estimate of drug-likeness (QED) is 0.186. The van der Waals surface area contributed by atoms with E-state index in [4.69, 9.17) is 4.74 Å². The molecule has 0 spiro atoms. The van der Waals surface area contributed by atoms with Crippen LogP contribution in [0.5, 0.6) is 11.5 Å². The van der Waals surface area contributed by atoms with Gasteiger partial charge in [-0.25, -0.2) is 4.79 Å². The van der Waals surface area contributed by atoms with Crippen molar-refractivity contribution in [2.24, 2.45) is 5.92 Å². The molecule has 0 radical (unpaired) electrons. The van der Waals surface area contributed by atoms with Crippen molar-refractivity contribution in [3.8, 4) is 11.5 Å². The Morgan fingerprint density at radius 1 is 1.11 bits per heavy atom. The molecule has 1 aromatic heterocycles. The molecular formula is C29H36N2O7. The standard InChI is InChI=1S/C29H36N2O7/c32-24-13-11-22(23-12-14-26(34)31-27(23)24)25(33)18-30-15-4-1-5-16-38-21-10-6-9-20(17-21)29(37,28(35)36)19-7-2-3-8-19/h6,9-14,17,19,25,30,32-33,37H,1-5,7-8,15-16,18H2,(H,31,34)(H,35,36). The van der Waals surface area contributed by atoms with Crippen LogP contribution in [-0.4, -0.2) is 51.1 Å². The first kappa shape index (κ1) is 27.6. The molecule has 0 aliphatic heterocycles. The van der Waals surface area contributed by atoms with E-state index in [1.807, 2.05) is 0 Å². The Morgan fingerprint density at radius 3 is 2.66 bits per heavy atom. The second-order valence-corrected chi connectivity index (χ2v) is 9.99. The Kier molecular flexibility index (Phi) is 9.04. The van der Waals surface area contributed by atoms with Gasteiger partial charge in [-0.05, 0) is 74.0 Å². The number of phenolic OH excluding ortho intramolecular Hbond substituents is 1. The number of carboxylic acid groups (broad SMARTS) is 1. The molecule has 204 valence electrons. The van der Waals surface area contributed by atoms with Crippen molar-refractivity contribution < 1.29 is 30.0 Å². The number of hydrogen-bond donors (Lipinski definition) is 6. The maximum Gasteiger partial charge on any atom is 0.340 e. The second-order valence-electron chi connectivity index (χ2n) is 9.99. The molecular weight excluding hydrogens is 488 g/mol. The minimum absolute atomic E-state index is 0.0399. The van der Waals surface area contributed by atoms with E-state index in [9.17, 15) is 30.0 Å². The molecule has 6 N–H and O–H groups in total. The highest BCUT2D eigenvalue weighted by atomic mass is 16.5. The summed E-state index contributed by atoms with van der Waals surface area (Å²) in [4.78, 5) is 26.1. The number of aliphatic carboxylic acids is 1. The lowest BCUT2D eigenvalue weighted by Gasteiger charge is -2.30. The molecule has 1 heterocycles. The number of pyridine rings is 1. The first-order valence-corrected chi connectivity index (χ1v) is 13.2. The van der Waals surface area contributed by atoms with Crippen molar-refractivity contribution in [3.63, 3.8) is 0 Å². The molecule has 2 unspecified atom stereocenters. The molecule has 3 aromatic rings. The van der Waals surface area contributed by atoms with Crippen molar-refractivity contribution in [1.82, 2.24) is 10.3 Å².